The number of ether oxygens (including phenoxy) is 2. The average Bonchev–Trinajstić information content (AvgIpc) is 2.86. The van der Waals surface area contributed by atoms with Gasteiger partial charge in [-0.15, -0.1) is 0 Å². The Morgan fingerprint density at radius 1 is 0.730 bits per heavy atom. The second-order valence-corrected chi connectivity index (χ2v) is 9.92. The predicted octanol–water partition coefficient (Wildman–Crippen LogP) is 4.99. The summed E-state index contributed by atoms with van der Waals surface area (Å²) < 4.78 is 10.2. The van der Waals surface area contributed by atoms with Gasteiger partial charge in [0.2, 0.25) is 0 Å². The summed E-state index contributed by atoms with van der Waals surface area (Å²) in [6.07, 6.45) is -0.139. The van der Waals surface area contributed by atoms with Gasteiger partial charge in [-0.05, 0) is 45.2 Å². The van der Waals surface area contributed by atoms with E-state index in [2.05, 4.69) is 0 Å². The van der Waals surface area contributed by atoms with Gasteiger partial charge >= 0.3 is 24.0 Å². The van der Waals surface area contributed by atoms with E-state index < -0.39 is 28.9 Å². The number of carboxylic acids is 2. The van der Waals surface area contributed by atoms with Crippen LogP contribution in [0.25, 0.3) is 0 Å². The maximum Gasteiger partial charge on any atom is 0.409 e. The Hall–Kier alpha value is -3.88. The summed E-state index contributed by atoms with van der Waals surface area (Å²) in [6, 6.07) is 18.7. The fourth-order valence-corrected chi connectivity index (χ4v) is 2.89. The van der Waals surface area contributed by atoms with E-state index >= 15 is 0 Å². The van der Waals surface area contributed by atoms with Gasteiger partial charge in [0, 0.05) is 20.0 Å². The molecule has 0 fully saturated rings. The molecule has 0 aliphatic heterocycles. The summed E-state index contributed by atoms with van der Waals surface area (Å²) in [5, 5.41) is 17.9. The first-order chi connectivity index (χ1) is 17.2. The van der Waals surface area contributed by atoms with Crippen molar-refractivity contribution in [3.63, 3.8) is 0 Å². The van der Waals surface area contributed by atoms with Crippen molar-refractivity contribution in [2.45, 2.75) is 53.8 Å². The van der Waals surface area contributed by atoms with Gasteiger partial charge < -0.3 is 24.6 Å². The Morgan fingerprint density at radius 2 is 1.16 bits per heavy atom. The number of carbonyl (C=O) groups is 4. The molecule has 0 spiro atoms. The molecular weight excluding hydrogens is 478 g/mol. The van der Waals surface area contributed by atoms with Crippen LogP contribution in [0.15, 0.2) is 60.7 Å². The standard InChI is InChI=1S/C14H19NO4.C14H18O4/c1-14(2,12(16)17)10-15(3)13(18)19-9-11-7-5-4-6-8-11;1-14(2,13(16)17)9-8-12(15)18-10-11-6-4-3-5-7-11/h4-8H,9-10H2,1-3H3,(H,16,17);3-7H,8-10H2,1-2H3,(H,16,17). The third-order valence-electron chi connectivity index (χ3n) is 5.50. The molecule has 0 bridgehead atoms. The highest BCUT2D eigenvalue weighted by Crippen LogP contribution is 2.22. The predicted molar refractivity (Wildman–Crippen MR) is 138 cm³/mol. The fourth-order valence-electron chi connectivity index (χ4n) is 2.89. The molecule has 0 aromatic heterocycles. The van der Waals surface area contributed by atoms with E-state index in [1.54, 1.807) is 27.7 Å². The van der Waals surface area contributed by atoms with Crippen LogP contribution < -0.4 is 0 Å². The molecule has 37 heavy (non-hydrogen) atoms. The van der Waals surface area contributed by atoms with Crippen LogP contribution in [0, 0.1) is 10.8 Å². The van der Waals surface area contributed by atoms with Crippen molar-refractivity contribution in [2.24, 2.45) is 10.8 Å². The van der Waals surface area contributed by atoms with E-state index in [1.165, 1.54) is 11.9 Å². The molecule has 0 radical (unpaired) electrons. The number of esters is 1. The van der Waals surface area contributed by atoms with Gasteiger partial charge in [0.15, 0.2) is 0 Å². The highest BCUT2D eigenvalue weighted by atomic mass is 16.6. The largest absolute Gasteiger partial charge is 0.481 e. The molecule has 0 heterocycles. The van der Waals surface area contributed by atoms with Crippen molar-refractivity contribution in [2.75, 3.05) is 13.6 Å². The molecule has 9 heteroatoms. The normalized spacial score (nSPS) is 10.9. The van der Waals surface area contributed by atoms with E-state index in [0.29, 0.717) is 0 Å². The average molecular weight is 516 g/mol. The summed E-state index contributed by atoms with van der Waals surface area (Å²) in [5.41, 5.74) is -0.0863. The summed E-state index contributed by atoms with van der Waals surface area (Å²) in [7, 11) is 1.53. The summed E-state index contributed by atoms with van der Waals surface area (Å²) in [6.45, 7) is 6.83. The van der Waals surface area contributed by atoms with Crippen molar-refractivity contribution < 1.29 is 38.9 Å². The Balaban J connectivity index is 0.000000371. The molecule has 0 aliphatic carbocycles. The van der Waals surface area contributed by atoms with Crippen molar-refractivity contribution >= 4 is 24.0 Å². The van der Waals surface area contributed by atoms with Crippen molar-refractivity contribution in [1.82, 2.24) is 4.90 Å². The van der Waals surface area contributed by atoms with Gasteiger partial charge in [-0.2, -0.15) is 0 Å². The van der Waals surface area contributed by atoms with Crippen LogP contribution in [0.1, 0.15) is 51.7 Å². The van der Waals surface area contributed by atoms with Crippen molar-refractivity contribution in [3.8, 4) is 0 Å². The number of aliphatic carboxylic acids is 2. The van der Waals surface area contributed by atoms with Crippen molar-refractivity contribution in [3.05, 3.63) is 71.8 Å². The van der Waals surface area contributed by atoms with E-state index in [-0.39, 0.29) is 38.6 Å². The lowest BCUT2D eigenvalue weighted by molar-refractivity contribution is -0.150. The van der Waals surface area contributed by atoms with Crippen LogP contribution in [0.4, 0.5) is 4.79 Å². The van der Waals surface area contributed by atoms with Crippen LogP contribution >= 0.6 is 0 Å². The zero-order chi connectivity index (χ0) is 28.1. The zero-order valence-electron chi connectivity index (χ0n) is 22.1. The Kier molecular flexibility index (Phi) is 12.3. The SMILES string of the molecule is CC(C)(CCC(=O)OCc1ccccc1)C(=O)O.CN(CC(C)(C)C(=O)O)C(=O)OCc1ccccc1. The van der Waals surface area contributed by atoms with Gasteiger partial charge in [-0.3, -0.25) is 14.4 Å². The number of benzene rings is 2. The van der Waals surface area contributed by atoms with E-state index in [1.807, 2.05) is 60.7 Å². The highest BCUT2D eigenvalue weighted by molar-refractivity contribution is 5.76. The van der Waals surface area contributed by atoms with Gasteiger partial charge in [-0.25, -0.2) is 4.79 Å². The highest BCUT2D eigenvalue weighted by Gasteiger charge is 2.31. The van der Waals surface area contributed by atoms with Gasteiger partial charge in [0.1, 0.15) is 13.2 Å². The second-order valence-electron chi connectivity index (χ2n) is 9.92. The van der Waals surface area contributed by atoms with Crippen LogP contribution in [-0.2, 0) is 37.1 Å². The fraction of sp³-hybridized carbons (Fsp3) is 0.429. The first-order valence-corrected chi connectivity index (χ1v) is 11.8. The zero-order valence-corrected chi connectivity index (χ0v) is 22.1. The first kappa shape index (κ1) is 31.2. The number of rotatable bonds is 11. The minimum atomic E-state index is -0.999. The maximum atomic E-state index is 11.7. The minimum absolute atomic E-state index is 0.0932. The van der Waals surface area contributed by atoms with Gasteiger partial charge in [0.05, 0.1) is 10.8 Å². The number of amides is 1. The van der Waals surface area contributed by atoms with E-state index in [0.717, 1.165) is 11.1 Å². The van der Waals surface area contributed by atoms with Crippen LogP contribution in [0.3, 0.4) is 0 Å². The molecule has 2 N–H and O–H groups in total. The Labute approximate surface area is 218 Å². The molecule has 0 atom stereocenters. The monoisotopic (exact) mass is 515 g/mol. The van der Waals surface area contributed by atoms with Crippen LogP contribution in [-0.4, -0.2) is 52.7 Å². The third kappa shape index (κ3) is 12.1. The molecule has 9 nitrogen and oxygen atoms in total. The molecule has 2 aromatic rings. The first-order valence-electron chi connectivity index (χ1n) is 11.8. The molecule has 0 aliphatic rings. The molecule has 202 valence electrons. The number of carbonyl (C=O) groups excluding carboxylic acids is 2. The Bertz CT molecular complexity index is 1020. The number of carboxylic acid groups (broad SMARTS) is 2. The van der Waals surface area contributed by atoms with E-state index in [4.69, 9.17) is 19.7 Å². The number of hydrogen-bond acceptors (Lipinski definition) is 6. The lowest BCUT2D eigenvalue weighted by Gasteiger charge is -2.26. The minimum Gasteiger partial charge on any atom is -0.481 e. The molecule has 0 saturated heterocycles. The summed E-state index contributed by atoms with van der Waals surface area (Å²) in [5.74, 6) is -2.22. The van der Waals surface area contributed by atoms with Crippen LogP contribution in [0.5, 0.6) is 0 Å². The summed E-state index contributed by atoms with van der Waals surface area (Å²) >= 11 is 0. The topological polar surface area (TPSA) is 130 Å². The van der Waals surface area contributed by atoms with E-state index in [9.17, 15) is 19.2 Å². The third-order valence-corrected chi connectivity index (χ3v) is 5.50. The van der Waals surface area contributed by atoms with Gasteiger partial charge in [-0.1, -0.05) is 60.7 Å². The summed E-state index contributed by atoms with van der Waals surface area (Å²) in [4.78, 5) is 46.3. The number of nitrogens with zero attached hydrogens (tertiary/aromatic N) is 1. The van der Waals surface area contributed by atoms with Crippen LogP contribution in [0.2, 0.25) is 0 Å². The smallest absolute Gasteiger partial charge is 0.409 e. The molecular formula is C28H37NO8. The molecule has 2 aromatic carbocycles. The molecule has 1 amide bonds. The maximum absolute atomic E-state index is 11.7. The lowest BCUT2D eigenvalue weighted by atomic mass is 9.88. The number of hydrogen-bond donors (Lipinski definition) is 2. The van der Waals surface area contributed by atoms with Gasteiger partial charge in [0.25, 0.3) is 0 Å². The Morgan fingerprint density at radius 3 is 1.59 bits per heavy atom. The quantitative estimate of drug-likeness (QED) is 0.401. The molecule has 0 unspecified atom stereocenters. The van der Waals surface area contributed by atoms with Crippen molar-refractivity contribution in [1.29, 1.82) is 0 Å². The second kappa shape index (κ2) is 14.6. The lowest BCUT2D eigenvalue weighted by Crippen LogP contribution is -2.40. The molecule has 0 saturated carbocycles. The molecule has 2 rings (SSSR count).